The van der Waals surface area contributed by atoms with E-state index < -0.39 is 0 Å². The second-order valence-electron chi connectivity index (χ2n) is 12.2. The number of phenols is 1. The van der Waals surface area contributed by atoms with Crippen LogP contribution in [0.2, 0.25) is 0 Å². The highest BCUT2D eigenvalue weighted by molar-refractivity contribution is 5.58. The predicted molar refractivity (Wildman–Crippen MR) is 165 cm³/mol. The average molecular weight is 591 g/mol. The summed E-state index contributed by atoms with van der Waals surface area (Å²) >= 11 is 0. The molecule has 2 saturated heterocycles. The van der Waals surface area contributed by atoms with Crippen molar-refractivity contribution < 1.29 is 28.4 Å². The molecule has 0 saturated carbocycles. The van der Waals surface area contributed by atoms with E-state index in [1.165, 1.54) is 16.7 Å². The Hall–Kier alpha value is -3.33. The number of nitrogens with one attached hydrogen (secondary N) is 1. The summed E-state index contributed by atoms with van der Waals surface area (Å²) in [5, 5.41) is 13.6. The van der Waals surface area contributed by atoms with Gasteiger partial charge in [0.25, 0.3) is 0 Å². The molecule has 2 aliphatic heterocycles. The molecule has 0 radical (unpaired) electrons. The number of aromatic hydroxyl groups is 1. The average Bonchev–Trinajstić information content (AvgIpc) is 3.46. The predicted octanol–water partition coefficient (Wildman–Crippen LogP) is 6.07. The highest BCUT2D eigenvalue weighted by atomic mass is 19.1. The van der Waals surface area contributed by atoms with Crippen LogP contribution in [0.15, 0.2) is 54.6 Å². The number of likely N-dealkylation sites (tertiary alicyclic amines) is 1. The Morgan fingerprint density at radius 2 is 1.86 bits per heavy atom. The normalized spacial score (nSPS) is 20.5. The van der Waals surface area contributed by atoms with Gasteiger partial charge in [-0.3, -0.25) is 4.90 Å². The molecule has 2 atom stereocenters. The lowest BCUT2D eigenvalue weighted by Gasteiger charge is -2.37. The van der Waals surface area contributed by atoms with E-state index in [0.717, 1.165) is 68.7 Å². The number of phenolic OH excluding ortho intramolecular Hbond substituents is 1. The van der Waals surface area contributed by atoms with Crippen molar-refractivity contribution in [1.82, 2.24) is 4.90 Å². The van der Waals surface area contributed by atoms with Crippen LogP contribution in [0.4, 0.5) is 10.1 Å². The van der Waals surface area contributed by atoms with E-state index in [0.29, 0.717) is 43.7 Å². The van der Waals surface area contributed by atoms with Gasteiger partial charge in [-0.05, 0) is 91.1 Å². The van der Waals surface area contributed by atoms with Gasteiger partial charge in [0.05, 0.1) is 20.3 Å². The van der Waals surface area contributed by atoms with Crippen LogP contribution in [-0.2, 0) is 28.7 Å². The van der Waals surface area contributed by atoms with Crippen LogP contribution in [0.1, 0.15) is 54.4 Å². The molecule has 3 aromatic carbocycles. The number of aryl methyl sites for hydroxylation is 1. The van der Waals surface area contributed by atoms with Gasteiger partial charge in [0.1, 0.15) is 18.1 Å². The van der Waals surface area contributed by atoms with Gasteiger partial charge in [-0.1, -0.05) is 18.2 Å². The van der Waals surface area contributed by atoms with Crippen molar-refractivity contribution >= 4 is 5.69 Å². The molecule has 0 amide bonds. The van der Waals surface area contributed by atoms with Crippen molar-refractivity contribution in [3.05, 3.63) is 82.7 Å². The van der Waals surface area contributed by atoms with Crippen molar-refractivity contribution in [3.63, 3.8) is 0 Å². The van der Waals surface area contributed by atoms with Crippen molar-refractivity contribution in [2.45, 2.75) is 63.2 Å². The highest BCUT2D eigenvalue weighted by Crippen LogP contribution is 2.39. The third-order valence-corrected chi connectivity index (χ3v) is 9.16. The maximum absolute atomic E-state index is 15.0. The van der Waals surface area contributed by atoms with E-state index in [9.17, 15) is 5.11 Å². The topological polar surface area (TPSA) is 72.4 Å². The van der Waals surface area contributed by atoms with Gasteiger partial charge in [0.15, 0.2) is 17.4 Å². The van der Waals surface area contributed by atoms with Gasteiger partial charge in [-0.15, -0.1) is 0 Å². The minimum absolute atomic E-state index is 0.0695. The first-order valence-electron chi connectivity index (χ1n) is 15.6. The number of fused-ring (bicyclic) bond motifs is 1. The van der Waals surface area contributed by atoms with E-state index in [1.54, 1.807) is 25.3 Å². The van der Waals surface area contributed by atoms with Crippen molar-refractivity contribution in [3.8, 4) is 17.2 Å². The van der Waals surface area contributed by atoms with Gasteiger partial charge < -0.3 is 29.4 Å². The molecule has 8 heteroatoms. The monoisotopic (exact) mass is 590 g/mol. The fourth-order valence-electron chi connectivity index (χ4n) is 6.80. The summed E-state index contributed by atoms with van der Waals surface area (Å²) in [5.41, 5.74) is 5.75. The van der Waals surface area contributed by atoms with Crippen LogP contribution < -0.4 is 14.8 Å². The van der Waals surface area contributed by atoms with E-state index in [2.05, 4.69) is 29.3 Å². The minimum atomic E-state index is -0.382. The number of benzene rings is 3. The van der Waals surface area contributed by atoms with Crippen molar-refractivity contribution in [1.29, 1.82) is 0 Å². The summed E-state index contributed by atoms with van der Waals surface area (Å²) in [7, 11) is 1.68. The van der Waals surface area contributed by atoms with Crippen molar-refractivity contribution in [2.75, 3.05) is 51.9 Å². The number of ether oxygens (including phenoxy) is 4. The molecule has 43 heavy (non-hydrogen) atoms. The third-order valence-electron chi connectivity index (χ3n) is 9.16. The number of hydrogen-bond acceptors (Lipinski definition) is 7. The first kappa shape index (κ1) is 29.7. The Balaban J connectivity index is 1.03. The maximum Gasteiger partial charge on any atom is 0.170 e. The molecule has 1 aliphatic carbocycles. The largest absolute Gasteiger partial charge is 0.508 e. The van der Waals surface area contributed by atoms with Gasteiger partial charge in [0, 0.05) is 50.3 Å². The molecular weight excluding hydrogens is 547 g/mol. The first-order chi connectivity index (χ1) is 20.9. The first-order valence-corrected chi connectivity index (χ1v) is 15.6. The molecule has 2 fully saturated rings. The summed E-state index contributed by atoms with van der Waals surface area (Å²) < 4.78 is 38.0. The van der Waals surface area contributed by atoms with Crippen molar-refractivity contribution in [2.24, 2.45) is 0 Å². The Morgan fingerprint density at radius 3 is 2.63 bits per heavy atom. The lowest BCUT2D eigenvalue weighted by Crippen LogP contribution is -2.46. The zero-order chi connectivity index (χ0) is 29.8. The minimum Gasteiger partial charge on any atom is -0.508 e. The molecule has 1 spiro atoms. The van der Waals surface area contributed by atoms with Crippen LogP contribution in [-0.4, -0.2) is 68.4 Å². The molecule has 6 rings (SSSR count). The van der Waals surface area contributed by atoms with Crippen LogP contribution in [0.5, 0.6) is 17.2 Å². The Kier molecular flexibility index (Phi) is 9.07. The van der Waals surface area contributed by atoms with E-state index >= 15 is 4.39 Å². The Labute approximate surface area is 253 Å². The second kappa shape index (κ2) is 13.1. The fourth-order valence-corrected chi connectivity index (χ4v) is 6.80. The molecule has 2 heterocycles. The SMILES string of the molecule is COc1ccc(C2CCc3cc(O)ccc3C2)c(NC(C)Cc2ccc(OCCN3CCC4(CC3)OCCO4)c(F)c2)c1. The molecule has 0 bridgehead atoms. The maximum atomic E-state index is 15.0. The standard InChI is InChI=1S/C35H43FN2O5/c1-24(37-33-23-30(40-2)8-9-31(33)28-5-4-27-22-29(39)7-6-26(27)21-28)19-25-3-10-34(32(36)20-25)41-16-15-38-13-11-35(12-14-38)42-17-18-43-35/h3,6-10,20,22-24,28,37,39H,4-5,11-19,21H2,1-2H3. The van der Waals surface area contributed by atoms with Gasteiger partial charge in [0.2, 0.25) is 0 Å². The number of anilines is 1. The Bertz CT molecular complexity index is 1400. The molecule has 2 N–H and O–H groups in total. The zero-order valence-electron chi connectivity index (χ0n) is 25.2. The fraction of sp³-hybridized carbons (Fsp3) is 0.486. The number of methoxy groups -OCH3 is 1. The number of hydrogen-bond donors (Lipinski definition) is 2. The van der Waals surface area contributed by atoms with E-state index in [-0.39, 0.29) is 17.6 Å². The second-order valence-corrected chi connectivity index (χ2v) is 12.2. The van der Waals surface area contributed by atoms with E-state index in [1.807, 2.05) is 24.3 Å². The summed E-state index contributed by atoms with van der Waals surface area (Å²) in [6.07, 6.45) is 5.27. The number of piperidine rings is 1. The van der Waals surface area contributed by atoms with Gasteiger partial charge in [-0.25, -0.2) is 4.39 Å². The zero-order valence-corrected chi connectivity index (χ0v) is 25.2. The van der Waals surface area contributed by atoms with Crippen LogP contribution in [0, 0.1) is 5.82 Å². The third kappa shape index (κ3) is 7.08. The van der Waals surface area contributed by atoms with Crippen LogP contribution >= 0.6 is 0 Å². The molecule has 230 valence electrons. The molecule has 2 unspecified atom stereocenters. The molecule has 0 aromatic heterocycles. The van der Waals surface area contributed by atoms with Gasteiger partial charge in [-0.2, -0.15) is 0 Å². The molecule has 7 nitrogen and oxygen atoms in total. The molecular formula is C35H43FN2O5. The lowest BCUT2D eigenvalue weighted by molar-refractivity contribution is -0.185. The number of nitrogens with zero attached hydrogens (tertiary/aromatic N) is 1. The smallest absolute Gasteiger partial charge is 0.170 e. The summed E-state index contributed by atoms with van der Waals surface area (Å²) in [4.78, 5) is 2.32. The molecule has 3 aromatic rings. The molecule has 3 aliphatic rings. The number of halogens is 1. The van der Waals surface area contributed by atoms with Gasteiger partial charge >= 0.3 is 0 Å². The summed E-state index contributed by atoms with van der Waals surface area (Å²) in [6, 6.07) is 17.3. The summed E-state index contributed by atoms with van der Waals surface area (Å²) in [5.74, 6) is 1.08. The van der Waals surface area contributed by atoms with Crippen LogP contribution in [0.3, 0.4) is 0 Å². The van der Waals surface area contributed by atoms with E-state index in [4.69, 9.17) is 18.9 Å². The lowest BCUT2D eigenvalue weighted by atomic mass is 9.79. The Morgan fingerprint density at radius 1 is 1.05 bits per heavy atom. The van der Waals surface area contributed by atoms with Crippen LogP contribution in [0.25, 0.3) is 0 Å². The highest BCUT2D eigenvalue weighted by Gasteiger charge is 2.39. The number of rotatable bonds is 10. The quantitative estimate of drug-likeness (QED) is 0.297. The summed E-state index contributed by atoms with van der Waals surface area (Å²) in [6.45, 7) is 6.45.